The molecule has 2 heterocycles. The molecule has 0 aliphatic heterocycles. The predicted octanol–water partition coefficient (Wildman–Crippen LogP) is 4.32. The lowest BCUT2D eigenvalue weighted by atomic mass is 9.78. The van der Waals surface area contributed by atoms with Crippen LogP contribution in [0.3, 0.4) is 0 Å². The van der Waals surface area contributed by atoms with Crippen molar-refractivity contribution in [2.24, 2.45) is 11.8 Å². The molecular formula is C15H21N3S. The van der Waals surface area contributed by atoms with Crippen molar-refractivity contribution in [2.75, 3.05) is 5.32 Å². The Bertz CT molecular complexity index is 549. The number of aromatic nitrogens is 2. The molecule has 1 fully saturated rings. The lowest BCUT2D eigenvalue weighted by Crippen LogP contribution is -2.35. The predicted molar refractivity (Wildman–Crippen MR) is 81.6 cm³/mol. The first-order chi connectivity index (χ1) is 9.25. The summed E-state index contributed by atoms with van der Waals surface area (Å²) in [6.45, 7) is 4.68. The van der Waals surface area contributed by atoms with E-state index in [2.05, 4.69) is 40.6 Å². The smallest absolute Gasteiger partial charge is 0.147 e. The molecule has 0 radical (unpaired) electrons. The minimum absolute atomic E-state index is 0.564. The minimum atomic E-state index is 0.564. The molecule has 1 N–H and O–H groups in total. The Hall–Kier alpha value is -1.16. The van der Waals surface area contributed by atoms with Crippen molar-refractivity contribution in [3.05, 3.63) is 17.8 Å². The second-order valence-electron chi connectivity index (χ2n) is 5.80. The second-order valence-corrected chi connectivity index (χ2v) is 6.72. The highest BCUT2D eigenvalue weighted by Gasteiger charge is 2.28. The lowest BCUT2D eigenvalue weighted by molar-refractivity contribution is 0.253. The minimum Gasteiger partial charge on any atom is -0.366 e. The molecule has 0 amide bonds. The molecule has 0 saturated heterocycles. The number of nitrogens with zero attached hydrogens (tertiary/aromatic N) is 2. The summed E-state index contributed by atoms with van der Waals surface area (Å²) in [5, 5.41) is 5.79. The Morgan fingerprint density at radius 1 is 1.26 bits per heavy atom. The van der Waals surface area contributed by atoms with Gasteiger partial charge in [0.05, 0.1) is 10.2 Å². The van der Waals surface area contributed by atoms with E-state index in [0.29, 0.717) is 6.04 Å². The third-order valence-electron chi connectivity index (χ3n) is 4.24. The Morgan fingerprint density at radius 3 is 2.95 bits per heavy atom. The molecule has 4 heteroatoms. The van der Waals surface area contributed by atoms with Crippen LogP contribution in [0.4, 0.5) is 5.82 Å². The maximum Gasteiger partial charge on any atom is 0.147 e. The van der Waals surface area contributed by atoms with E-state index in [9.17, 15) is 0 Å². The molecule has 1 saturated carbocycles. The van der Waals surface area contributed by atoms with Gasteiger partial charge in [-0.25, -0.2) is 9.97 Å². The first kappa shape index (κ1) is 12.9. The molecule has 0 bridgehead atoms. The van der Waals surface area contributed by atoms with Gasteiger partial charge in [0.25, 0.3) is 0 Å². The number of hydrogen-bond acceptors (Lipinski definition) is 4. The fraction of sp³-hybridized carbons (Fsp3) is 0.600. The maximum atomic E-state index is 4.46. The highest BCUT2D eigenvalue weighted by atomic mass is 32.1. The molecule has 102 valence electrons. The monoisotopic (exact) mass is 275 g/mol. The van der Waals surface area contributed by atoms with E-state index in [4.69, 9.17) is 0 Å². The summed E-state index contributed by atoms with van der Waals surface area (Å²) in [6, 6.07) is 2.63. The van der Waals surface area contributed by atoms with Crippen LogP contribution in [-0.2, 0) is 0 Å². The Labute approximate surface area is 118 Å². The topological polar surface area (TPSA) is 37.8 Å². The molecule has 19 heavy (non-hydrogen) atoms. The van der Waals surface area contributed by atoms with Gasteiger partial charge in [-0.15, -0.1) is 11.3 Å². The Kier molecular flexibility index (Phi) is 3.69. The average molecular weight is 275 g/mol. The summed E-state index contributed by atoms with van der Waals surface area (Å²) < 4.78 is 1.19. The first-order valence-corrected chi connectivity index (χ1v) is 8.08. The van der Waals surface area contributed by atoms with Crippen LogP contribution in [0.2, 0.25) is 0 Å². The first-order valence-electron chi connectivity index (χ1n) is 7.20. The van der Waals surface area contributed by atoms with Gasteiger partial charge in [0.2, 0.25) is 0 Å². The highest BCUT2D eigenvalue weighted by molar-refractivity contribution is 7.17. The summed E-state index contributed by atoms with van der Waals surface area (Å²) in [6.07, 6.45) is 6.98. The standard InChI is InChI=1S/C15H21N3S/c1-10(2)11-5-3-4-6-12(11)18-15-14-13(7-8-19-14)16-9-17-15/h7-12H,3-6H2,1-2H3,(H,16,17,18). The van der Waals surface area contributed by atoms with Crippen molar-refractivity contribution in [1.82, 2.24) is 9.97 Å². The number of hydrogen-bond donors (Lipinski definition) is 1. The van der Waals surface area contributed by atoms with Gasteiger partial charge in [-0.1, -0.05) is 26.7 Å². The zero-order valence-corrected chi connectivity index (χ0v) is 12.4. The summed E-state index contributed by atoms with van der Waals surface area (Å²) >= 11 is 1.72. The number of nitrogens with one attached hydrogen (secondary N) is 1. The molecule has 0 aromatic carbocycles. The number of rotatable bonds is 3. The van der Waals surface area contributed by atoms with E-state index < -0.39 is 0 Å². The highest BCUT2D eigenvalue weighted by Crippen LogP contribution is 2.34. The van der Waals surface area contributed by atoms with E-state index in [1.54, 1.807) is 17.7 Å². The van der Waals surface area contributed by atoms with Crippen molar-refractivity contribution in [2.45, 2.75) is 45.6 Å². The van der Waals surface area contributed by atoms with Crippen molar-refractivity contribution >= 4 is 27.4 Å². The summed E-state index contributed by atoms with van der Waals surface area (Å²) in [5.41, 5.74) is 1.06. The fourth-order valence-electron chi connectivity index (χ4n) is 3.20. The van der Waals surface area contributed by atoms with Crippen LogP contribution in [0, 0.1) is 11.8 Å². The van der Waals surface area contributed by atoms with Gasteiger partial charge < -0.3 is 5.32 Å². The molecule has 1 aliphatic carbocycles. The van der Waals surface area contributed by atoms with Gasteiger partial charge in [0.15, 0.2) is 0 Å². The zero-order chi connectivity index (χ0) is 13.2. The van der Waals surface area contributed by atoms with E-state index in [-0.39, 0.29) is 0 Å². The van der Waals surface area contributed by atoms with Crippen LogP contribution < -0.4 is 5.32 Å². The summed E-state index contributed by atoms with van der Waals surface area (Å²) in [4.78, 5) is 8.76. The lowest BCUT2D eigenvalue weighted by Gasteiger charge is -2.35. The molecule has 2 unspecified atom stereocenters. The molecular weight excluding hydrogens is 254 g/mol. The summed E-state index contributed by atoms with van der Waals surface area (Å²) in [7, 11) is 0. The Balaban J connectivity index is 1.85. The van der Waals surface area contributed by atoms with Crippen LogP contribution in [0.1, 0.15) is 39.5 Å². The van der Waals surface area contributed by atoms with Gasteiger partial charge >= 0.3 is 0 Å². The van der Waals surface area contributed by atoms with E-state index in [1.165, 1.54) is 30.4 Å². The van der Waals surface area contributed by atoms with Crippen LogP contribution >= 0.6 is 11.3 Å². The molecule has 3 nitrogen and oxygen atoms in total. The largest absolute Gasteiger partial charge is 0.366 e. The third-order valence-corrected chi connectivity index (χ3v) is 5.15. The summed E-state index contributed by atoms with van der Waals surface area (Å²) in [5.74, 6) is 2.52. The van der Waals surface area contributed by atoms with Gasteiger partial charge in [-0.05, 0) is 36.1 Å². The average Bonchev–Trinajstić information content (AvgIpc) is 2.88. The number of anilines is 1. The Morgan fingerprint density at radius 2 is 2.11 bits per heavy atom. The van der Waals surface area contributed by atoms with Crippen molar-refractivity contribution in [3.63, 3.8) is 0 Å². The molecule has 1 aliphatic rings. The molecule has 3 rings (SSSR count). The van der Waals surface area contributed by atoms with Crippen molar-refractivity contribution < 1.29 is 0 Å². The zero-order valence-electron chi connectivity index (χ0n) is 11.6. The normalized spacial score (nSPS) is 23.9. The fourth-order valence-corrected chi connectivity index (χ4v) is 4.00. The van der Waals surface area contributed by atoms with Crippen LogP contribution in [0.15, 0.2) is 17.8 Å². The third kappa shape index (κ3) is 2.59. The molecule has 0 spiro atoms. The van der Waals surface area contributed by atoms with E-state index >= 15 is 0 Å². The van der Waals surface area contributed by atoms with Gasteiger partial charge in [-0.2, -0.15) is 0 Å². The van der Waals surface area contributed by atoms with Crippen molar-refractivity contribution in [3.8, 4) is 0 Å². The molecule has 2 atom stereocenters. The van der Waals surface area contributed by atoms with Gasteiger partial charge in [0, 0.05) is 6.04 Å². The maximum absolute atomic E-state index is 4.46. The van der Waals surface area contributed by atoms with E-state index in [1.807, 2.05) is 0 Å². The van der Waals surface area contributed by atoms with Crippen LogP contribution in [0.25, 0.3) is 10.2 Å². The van der Waals surface area contributed by atoms with Gasteiger partial charge in [-0.3, -0.25) is 0 Å². The van der Waals surface area contributed by atoms with E-state index in [0.717, 1.165) is 23.2 Å². The molecule has 2 aromatic rings. The number of thiophene rings is 1. The molecule has 2 aromatic heterocycles. The van der Waals surface area contributed by atoms with Crippen LogP contribution in [0.5, 0.6) is 0 Å². The van der Waals surface area contributed by atoms with Crippen molar-refractivity contribution in [1.29, 1.82) is 0 Å². The van der Waals surface area contributed by atoms with Crippen LogP contribution in [-0.4, -0.2) is 16.0 Å². The number of fused-ring (bicyclic) bond motifs is 1. The SMILES string of the molecule is CC(C)C1CCCCC1Nc1ncnc2ccsc12. The van der Waals surface area contributed by atoms with Gasteiger partial charge in [0.1, 0.15) is 12.1 Å². The second kappa shape index (κ2) is 5.45. The quantitative estimate of drug-likeness (QED) is 0.906.